The predicted octanol–water partition coefficient (Wildman–Crippen LogP) is 2.28. The monoisotopic (exact) mass is 270 g/mol. The maximum Gasteiger partial charge on any atom is 0.162 e. The number of hydrogen-bond donors (Lipinski definition) is 3. The number of phenolic OH excluding ortho intramolecular Hbond substituents is 1. The highest BCUT2D eigenvalue weighted by Crippen LogP contribution is 2.29. The molecule has 3 rings (SSSR count). The lowest BCUT2D eigenvalue weighted by Gasteiger charge is -2.10. The summed E-state index contributed by atoms with van der Waals surface area (Å²) in [5.41, 5.74) is 3.29. The van der Waals surface area contributed by atoms with Gasteiger partial charge in [-0.3, -0.25) is 0 Å². The molecule has 0 aliphatic carbocycles. The zero-order valence-electron chi connectivity index (χ0n) is 10.9. The first-order valence-corrected chi connectivity index (χ1v) is 6.17. The highest BCUT2D eigenvalue weighted by atomic mass is 16.5. The Morgan fingerprint density at radius 1 is 1.20 bits per heavy atom. The van der Waals surface area contributed by atoms with Crippen molar-refractivity contribution < 1.29 is 9.84 Å². The average molecular weight is 270 g/mol. The number of nitrogens with zero attached hydrogens (tertiary/aromatic N) is 2. The lowest BCUT2D eigenvalue weighted by Crippen LogP contribution is -2.00. The lowest BCUT2D eigenvalue weighted by molar-refractivity contribution is 0.371. The molecule has 0 aliphatic rings. The van der Waals surface area contributed by atoms with Crippen molar-refractivity contribution in [1.29, 1.82) is 0 Å². The van der Waals surface area contributed by atoms with Gasteiger partial charge in [0.2, 0.25) is 0 Å². The molecule has 3 aromatic rings. The molecule has 0 spiro atoms. The Morgan fingerprint density at radius 3 is 2.90 bits per heavy atom. The number of aromatic hydroxyl groups is 1. The minimum atomic E-state index is 0.157. The zero-order valence-corrected chi connectivity index (χ0v) is 10.9. The molecular formula is C14H14N4O2. The van der Waals surface area contributed by atoms with E-state index in [-0.39, 0.29) is 5.75 Å². The molecule has 0 aliphatic heterocycles. The Bertz CT molecular complexity index is 739. The second-order valence-corrected chi connectivity index (χ2v) is 4.35. The molecule has 2 aromatic carbocycles. The first kappa shape index (κ1) is 12.3. The van der Waals surface area contributed by atoms with Gasteiger partial charge >= 0.3 is 0 Å². The summed E-state index contributed by atoms with van der Waals surface area (Å²) >= 11 is 0. The van der Waals surface area contributed by atoms with E-state index in [1.807, 2.05) is 30.3 Å². The van der Waals surface area contributed by atoms with Gasteiger partial charge in [-0.05, 0) is 24.3 Å². The zero-order chi connectivity index (χ0) is 13.9. The first-order valence-electron chi connectivity index (χ1n) is 6.17. The first-order chi connectivity index (χ1) is 9.78. The third-order valence-corrected chi connectivity index (χ3v) is 3.10. The van der Waals surface area contributed by atoms with Crippen LogP contribution >= 0.6 is 0 Å². The fourth-order valence-corrected chi connectivity index (χ4v) is 2.02. The van der Waals surface area contributed by atoms with Crippen LogP contribution in [0, 0.1) is 0 Å². The van der Waals surface area contributed by atoms with E-state index in [9.17, 15) is 5.11 Å². The molecule has 6 heteroatoms. The Labute approximate surface area is 115 Å². The van der Waals surface area contributed by atoms with Gasteiger partial charge in [0, 0.05) is 17.8 Å². The van der Waals surface area contributed by atoms with Gasteiger partial charge in [-0.15, -0.1) is 0 Å². The molecule has 1 aromatic heterocycles. The maximum atomic E-state index is 10.0. The average Bonchev–Trinajstić information content (AvgIpc) is 2.93. The molecule has 1 heterocycles. The molecule has 0 radical (unpaired) electrons. The number of benzene rings is 2. The van der Waals surface area contributed by atoms with Crippen molar-refractivity contribution in [2.75, 3.05) is 12.4 Å². The number of aromatic nitrogens is 3. The van der Waals surface area contributed by atoms with Crippen LogP contribution in [0.15, 0.2) is 36.4 Å². The SMILES string of the molecule is COc1cccc(CNc2ccc3n[nH]nc3c2)c1O. The summed E-state index contributed by atoms with van der Waals surface area (Å²) in [7, 11) is 1.53. The van der Waals surface area contributed by atoms with Crippen LogP contribution in [0.3, 0.4) is 0 Å². The maximum absolute atomic E-state index is 10.0. The van der Waals surface area contributed by atoms with Crippen LogP contribution < -0.4 is 10.1 Å². The number of rotatable bonds is 4. The molecule has 20 heavy (non-hydrogen) atoms. The van der Waals surface area contributed by atoms with Crippen LogP contribution in [0.5, 0.6) is 11.5 Å². The predicted molar refractivity (Wildman–Crippen MR) is 75.9 cm³/mol. The number of fused-ring (bicyclic) bond motifs is 1. The van der Waals surface area contributed by atoms with E-state index < -0.39 is 0 Å². The van der Waals surface area contributed by atoms with Crippen molar-refractivity contribution in [3.8, 4) is 11.5 Å². The number of ether oxygens (including phenoxy) is 1. The van der Waals surface area contributed by atoms with Crippen molar-refractivity contribution in [2.24, 2.45) is 0 Å². The molecule has 0 unspecified atom stereocenters. The fraction of sp³-hybridized carbons (Fsp3) is 0.143. The van der Waals surface area contributed by atoms with Gasteiger partial charge < -0.3 is 15.2 Å². The number of methoxy groups -OCH3 is 1. The standard InChI is InChI=1S/C14H14N4O2/c1-20-13-4-2-3-9(14(13)19)8-15-10-5-6-11-12(7-10)17-18-16-11/h2-7,15,19H,8H2,1H3,(H,16,17,18). The molecule has 0 atom stereocenters. The Kier molecular flexibility index (Phi) is 3.12. The molecule has 0 bridgehead atoms. The Balaban J connectivity index is 1.79. The third-order valence-electron chi connectivity index (χ3n) is 3.10. The Hall–Kier alpha value is -2.76. The molecule has 0 saturated carbocycles. The quantitative estimate of drug-likeness (QED) is 0.677. The smallest absolute Gasteiger partial charge is 0.162 e. The van der Waals surface area contributed by atoms with E-state index in [4.69, 9.17) is 4.74 Å². The minimum Gasteiger partial charge on any atom is -0.504 e. The van der Waals surface area contributed by atoms with Crippen molar-refractivity contribution in [3.63, 3.8) is 0 Å². The molecule has 102 valence electrons. The number of anilines is 1. The molecule has 0 saturated heterocycles. The molecular weight excluding hydrogens is 256 g/mol. The van der Waals surface area contributed by atoms with E-state index in [0.29, 0.717) is 12.3 Å². The number of H-pyrrole nitrogens is 1. The van der Waals surface area contributed by atoms with Crippen molar-refractivity contribution >= 4 is 16.7 Å². The number of phenols is 1. The highest BCUT2D eigenvalue weighted by Gasteiger charge is 2.07. The van der Waals surface area contributed by atoms with E-state index in [1.54, 1.807) is 6.07 Å². The van der Waals surface area contributed by atoms with Crippen LogP contribution in [-0.2, 0) is 6.54 Å². The number of hydrogen-bond acceptors (Lipinski definition) is 5. The summed E-state index contributed by atoms with van der Waals surface area (Å²) in [4.78, 5) is 0. The molecule has 6 nitrogen and oxygen atoms in total. The fourth-order valence-electron chi connectivity index (χ4n) is 2.02. The van der Waals surface area contributed by atoms with Crippen molar-refractivity contribution in [3.05, 3.63) is 42.0 Å². The summed E-state index contributed by atoms with van der Waals surface area (Å²) in [6.07, 6.45) is 0. The van der Waals surface area contributed by atoms with Crippen molar-refractivity contribution in [1.82, 2.24) is 15.4 Å². The second kappa shape index (κ2) is 5.08. The van der Waals surface area contributed by atoms with Gasteiger partial charge in [0.25, 0.3) is 0 Å². The summed E-state index contributed by atoms with van der Waals surface area (Å²) in [5, 5.41) is 23.9. The van der Waals surface area contributed by atoms with Gasteiger partial charge in [0.15, 0.2) is 11.5 Å². The van der Waals surface area contributed by atoms with Gasteiger partial charge in [-0.1, -0.05) is 12.1 Å². The lowest BCUT2D eigenvalue weighted by atomic mass is 10.1. The third kappa shape index (κ3) is 2.23. The normalized spacial score (nSPS) is 10.7. The summed E-state index contributed by atoms with van der Waals surface area (Å²) < 4.78 is 5.08. The van der Waals surface area contributed by atoms with Crippen LogP contribution in [0.25, 0.3) is 11.0 Å². The van der Waals surface area contributed by atoms with Gasteiger partial charge in [-0.25, -0.2) is 0 Å². The van der Waals surface area contributed by atoms with E-state index >= 15 is 0 Å². The van der Waals surface area contributed by atoms with E-state index in [2.05, 4.69) is 20.7 Å². The van der Waals surface area contributed by atoms with E-state index in [1.165, 1.54) is 7.11 Å². The van der Waals surface area contributed by atoms with Gasteiger partial charge in [-0.2, -0.15) is 15.4 Å². The van der Waals surface area contributed by atoms with E-state index in [0.717, 1.165) is 22.3 Å². The van der Waals surface area contributed by atoms with Crippen LogP contribution in [0.4, 0.5) is 5.69 Å². The largest absolute Gasteiger partial charge is 0.504 e. The summed E-state index contributed by atoms with van der Waals surface area (Å²) in [6, 6.07) is 11.1. The Morgan fingerprint density at radius 2 is 2.05 bits per heavy atom. The van der Waals surface area contributed by atoms with Crippen LogP contribution in [-0.4, -0.2) is 27.6 Å². The van der Waals surface area contributed by atoms with Crippen LogP contribution in [0.2, 0.25) is 0 Å². The number of aromatic amines is 1. The molecule has 0 amide bonds. The molecule has 3 N–H and O–H groups in total. The molecule has 0 fully saturated rings. The van der Waals surface area contributed by atoms with Gasteiger partial charge in [0.1, 0.15) is 11.0 Å². The van der Waals surface area contributed by atoms with Crippen molar-refractivity contribution in [2.45, 2.75) is 6.54 Å². The van der Waals surface area contributed by atoms with Crippen LogP contribution in [0.1, 0.15) is 5.56 Å². The highest BCUT2D eigenvalue weighted by molar-refractivity contribution is 5.77. The number of nitrogens with one attached hydrogen (secondary N) is 2. The second-order valence-electron chi connectivity index (χ2n) is 4.35. The number of para-hydroxylation sites is 1. The summed E-state index contributed by atoms with van der Waals surface area (Å²) in [6.45, 7) is 0.492. The minimum absolute atomic E-state index is 0.157. The topological polar surface area (TPSA) is 83.1 Å². The summed E-state index contributed by atoms with van der Waals surface area (Å²) in [5.74, 6) is 0.626. The van der Waals surface area contributed by atoms with Gasteiger partial charge in [0.05, 0.1) is 7.11 Å².